The van der Waals surface area contributed by atoms with Crippen LogP contribution in [0.25, 0.3) is 0 Å². The predicted molar refractivity (Wildman–Crippen MR) is 103 cm³/mol. The summed E-state index contributed by atoms with van der Waals surface area (Å²) in [5.74, 6) is -0.122. The van der Waals surface area contributed by atoms with Gasteiger partial charge in [0.25, 0.3) is 0 Å². The Morgan fingerprint density at radius 1 is 1.12 bits per heavy atom. The van der Waals surface area contributed by atoms with E-state index in [9.17, 15) is 4.79 Å². The lowest BCUT2D eigenvalue weighted by Crippen LogP contribution is -2.23. The van der Waals surface area contributed by atoms with Gasteiger partial charge in [-0.2, -0.15) is 5.10 Å². The smallest absolute Gasteiger partial charge is 0.244 e. The largest absolute Gasteiger partial charge is 0.347 e. The SMILES string of the molecule is CN1/C(=C\C=N\NC(=O)Cc2ccccc2)C(C)(C)c2ccccc21. The molecule has 4 heteroatoms. The fraction of sp³-hybridized carbons (Fsp3) is 0.238. The number of carbonyl (C=O) groups is 1. The highest BCUT2D eigenvalue weighted by Gasteiger charge is 2.37. The molecule has 0 bridgehead atoms. The lowest BCUT2D eigenvalue weighted by atomic mass is 9.84. The van der Waals surface area contributed by atoms with Gasteiger partial charge in [-0.25, -0.2) is 5.43 Å². The van der Waals surface area contributed by atoms with Crippen molar-refractivity contribution in [3.63, 3.8) is 0 Å². The average Bonchev–Trinajstić information content (AvgIpc) is 2.80. The van der Waals surface area contributed by atoms with Crippen molar-refractivity contribution in [2.24, 2.45) is 5.10 Å². The first-order chi connectivity index (χ1) is 12.0. The minimum Gasteiger partial charge on any atom is -0.347 e. The summed E-state index contributed by atoms with van der Waals surface area (Å²) < 4.78 is 0. The zero-order valence-electron chi connectivity index (χ0n) is 14.9. The second-order valence-electron chi connectivity index (χ2n) is 6.73. The number of nitrogens with zero attached hydrogens (tertiary/aromatic N) is 2. The molecule has 0 aromatic heterocycles. The van der Waals surface area contributed by atoms with Gasteiger partial charge in [0.05, 0.1) is 6.42 Å². The molecule has 0 aliphatic carbocycles. The molecular weight excluding hydrogens is 310 g/mol. The maximum absolute atomic E-state index is 11.9. The number of nitrogens with one attached hydrogen (secondary N) is 1. The van der Waals surface area contributed by atoms with Crippen molar-refractivity contribution in [3.05, 3.63) is 77.5 Å². The van der Waals surface area contributed by atoms with Crippen molar-refractivity contribution in [3.8, 4) is 0 Å². The van der Waals surface area contributed by atoms with E-state index >= 15 is 0 Å². The first kappa shape index (κ1) is 17.0. The Balaban J connectivity index is 1.66. The lowest BCUT2D eigenvalue weighted by Gasteiger charge is -2.23. The molecule has 128 valence electrons. The summed E-state index contributed by atoms with van der Waals surface area (Å²) in [5, 5.41) is 4.07. The molecular formula is C21H23N3O. The summed E-state index contributed by atoms with van der Waals surface area (Å²) >= 11 is 0. The molecule has 2 aromatic carbocycles. The quantitative estimate of drug-likeness (QED) is 0.686. The van der Waals surface area contributed by atoms with Gasteiger partial charge in [0, 0.05) is 30.1 Å². The van der Waals surface area contributed by atoms with E-state index in [2.05, 4.69) is 54.5 Å². The third-order valence-electron chi connectivity index (χ3n) is 4.64. The van der Waals surface area contributed by atoms with E-state index < -0.39 is 0 Å². The number of hydrazone groups is 1. The normalized spacial score (nSPS) is 17.1. The number of likely N-dealkylation sites (N-methyl/N-ethyl adjacent to an activating group) is 1. The molecule has 25 heavy (non-hydrogen) atoms. The molecule has 0 fully saturated rings. The second kappa shape index (κ2) is 6.93. The van der Waals surface area contributed by atoms with Crippen LogP contribution in [0.2, 0.25) is 0 Å². The van der Waals surface area contributed by atoms with Crippen molar-refractivity contribution in [1.29, 1.82) is 0 Å². The van der Waals surface area contributed by atoms with Crippen LogP contribution in [-0.4, -0.2) is 19.2 Å². The molecule has 0 spiro atoms. The number of benzene rings is 2. The van der Waals surface area contributed by atoms with Crippen molar-refractivity contribution >= 4 is 17.8 Å². The Morgan fingerprint density at radius 3 is 2.52 bits per heavy atom. The van der Waals surface area contributed by atoms with Gasteiger partial charge in [-0.3, -0.25) is 4.79 Å². The van der Waals surface area contributed by atoms with Gasteiger partial charge in [0.1, 0.15) is 0 Å². The number of amides is 1. The topological polar surface area (TPSA) is 44.7 Å². The fourth-order valence-corrected chi connectivity index (χ4v) is 3.34. The van der Waals surface area contributed by atoms with E-state index in [0.717, 1.165) is 11.3 Å². The summed E-state index contributed by atoms with van der Waals surface area (Å²) in [6, 6.07) is 18.0. The van der Waals surface area contributed by atoms with E-state index in [-0.39, 0.29) is 11.3 Å². The monoisotopic (exact) mass is 333 g/mol. The summed E-state index contributed by atoms with van der Waals surface area (Å²) in [6.45, 7) is 4.39. The summed E-state index contributed by atoms with van der Waals surface area (Å²) in [4.78, 5) is 14.1. The third kappa shape index (κ3) is 3.48. The van der Waals surface area contributed by atoms with Crippen LogP contribution in [0.15, 0.2) is 71.5 Å². The maximum Gasteiger partial charge on any atom is 0.244 e. The highest BCUT2D eigenvalue weighted by molar-refractivity contribution is 5.82. The number of rotatable bonds is 4. The van der Waals surface area contributed by atoms with Crippen LogP contribution in [0.4, 0.5) is 5.69 Å². The van der Waals surface area contributed by atoms with Gasteiger partial charge in [-0.1, -0.05) is 62.4 Å². The minimum atomic E-state index is -0.122. The van der Waals surface area contributed by atoms with Crippen LogP contribution in [-0.2, 0) is 16.6 Å². The molecule has 0 saturated heterocycles. The number of fused-ring (bicyclic) bond motifs is 1. The van der Waals surface area contributed by atoms with E-state index in [1.54, 1.807) is 6.21 Å². The van der Waals surface area contributed by atoms with Gasteiger partial charge >= 0.3 is 0 Å². The van der Waals surface area contributed by atoms with Crippen molar-refractivity contribution in [2.45, 2.75) is 25.7 Å². The third-order valence-corrected chi connectivity index (χ3v) is 4.64. The first-order valence-electron chi connectivity index (χ1n) is 8.40. The van der Waals surface area contributed by atoms with Crippen LogP contribution in [0.5, 0.6) is 0 Å². The summed E-state index contributed by atoms with van der Waals surface area (Å²) in [6.07, 6.45) is 3.94. The van der Waals surface area contributed by atoms with Crippen LogP contribution in [0.1, 0.15) is 25.0 Å². The standard InChI is InChI=1S/C21H23N3O/c1-21(2)17-11-7-8-12-18(17)24(3)19(21)13-14-22-23-20(25)15-16-9-5-4-6-10-16/h4-14H,15H2,1-3H3,(H,23,25)/b19-13-,22-14+. The Labute approximate surface area is 148 Å². The van der Waals surface area contributed by atoms with Gasteiger partial charge in [0.2, 0.25) is 5.91 Å². The molecule has 1 N–H and O–H groups in total. The minimum absolute atomic E-state index is 0.0919. The Morgan fingerprint density at radius 2 is 1.80 bits per heavy atom. The molecule has 4 nitrogen and oxygen atoms in total. The van der Waals surface area contributed by atoms with E-state index in [4.69, 9.17) is 0 Å². The highest BCUT2D eigenvalue weighted by atomic mass is 16.2. The summed E-state index contributed by atoms with van der Waals surface area (Å²) in [5.41, 5.74) is 7.12. The lowest BCUT2D eigenvalue weighted by molar-refractivity contribution is -0.120. The van der Waals surface area contributed by atoms with Crippen molar-refractivity contribution < 1.29 is 4.79 Å². The Bertz CT molecular complexity index is 822. The van der Waals surface area contributed by atoms with E-state index in [0.29, 0.717) is 6.42 Å². The van der Waals surface area contributed by atoms with Gasteiger partial charge in [0.15, 0.2) is 0 Å². The zero-order chi connectivity index (χ0) is 17.9. The molecule has 2 aromatic rings. The summed E-state index contributed by atoms with van der Waals surface area (Å²) in [7, 11) is 2.06. The molecule has 0 atom stereocenters. The van der Waals surface area contributed by atoms with Crippen molar-refractivity contribution in [1.82, 2.24) is 5.43 Å². The van der Waals surface area contributed by atoms with E-state index in [1.807, 2.05) is 42.5 Å². The first-order valence-corrected chi connectivity index (χ1v) is 8.40. The molecule has 3 rings (SSSR count). The average molecular weight is 333 g/mol. The molecule has 0 unspecified atom stereocenters. The fourth-order valence-electron chi connectivity index (χ4n) is 3.34. The number of hydrogen-bond acceptors (Lipinski definition) is 3. The molecule has 1 aliphatic heterocycles. The number of para-hydroxylation sites is 1. The number of carbonyl (C=O) groups excluding carboxylic acids is 1. The molecule has 0 radical (unpaired) electrons. The van der Waals surface area contributed by atoms with Crippen LogP contribution < -0.4 is 10.3 Å². The number of allylic oxidation sites excluding steroid dienone is 2. The Kier molecular flexibility index (Phi) is 4.70. The van der Waals surface area contributed by atoms with Gasteiger partial charge < -0.3 is 4.90 Å². The number of anilines is 1. The Hall–Kier alpha value is -2.88. The highest BCUT2D eigenvalue weighted by Crippen LogP contribution is 2.46. The van der Waals surface area contributed by atoms with Crippen LogP contribution in [0, 0.1) is 0 Å². The van der Waals surface area contributed by atoms with E-state index in [1.165, 1.54) is 11.3 Å². The number of hydrogen-bond donors (Lipinski definition) is 1. The zero-order valence-corrected chi connectivity index (χ0v) is 14.9. The molecule has 1 heterocycles. The predicted octanol–water partition coefficient (Wildman–Crippen LogP) is 3.64. The maximum atomic E-state index is 11.9. The van der Waals surface area contributed by atoms with Gasteiger partial charge in [-0.05, 0) is 23.3 Å². The van der Waals surface area contributed by atoms with Crippen molar-refractivity contribution in [2.75, 3.05) is 11.9 Å². The van der Waals surface area contributed by atoms with Crippen LogP contribution in [0.3, 0.4) is 0 Å². The molecule has 0 saturated carbocycles. The molecule has 1 amide bonds. The van der Waals surface area contributed by atoms with Gasteiger partial charge in [-0.15, -0.1) is 0 Å². The second-order valence-corrected chi connectivity index (χ2v) is 6.73. The molecule has 1 aliphatic rings. The van der Waals surface area contributed by atoms with Crippen LogP contribution >= 0.6 is 0 Å².